The van der Waals surface area contributed by atoms with Crippen LogP contribution in [0, 0.1) is 5.92 Å². The van der Waals surface area contributed by atoms with Gasteiger partial charge in [0.2, 0.25) is 0 Å². The maximum absolute atomic E-state index is 11.4. The number of rotatable bonds is 6. The van der Waals surface area contributed by atoms with Crippen molar-refractivity contribution in [1.29, 1.82) is 0 Å². The van der Waals surface area contributed by atoms with Gasteiger partial charge >= 0.3 is 5.97 Å². The highest BCUT2D eigenvalue weighted by Gasteiger charge is 2.19. The van der Waals surface area contributed by atoms with E-state index < -0.39 is 0 Å². The van der Waals surface area contributed by atoms with Crippen molar-refractivity contribution >= 4 is 17.3 Å². The van der Waals surface area contributed by atoms with Gasteiger partial charge in [-0.05, 0) is 25.3 Å². The van der Waals surface area contributed by atoms with Crippen molar-refractivity contribution in [2.75, 3.05) is 13.7 Å². The van der Waals surface area contributed by atoms with E-state index in [-0.39, 0.29) is 11.9 Å². The highest BCUT2D eigenvalue weighted by atomic mass is 32.1. The summed E-state index contributed by atoms with van der Waals surface area (Å²) >= 11 is 1.75. The largest absolute Gasteiger partial charge is 0.469 e. The second-order valence-corrected chi connectivity index (χ2v) is 5.56. The molecule has 1 rings (SSSR count). The van der Waals surface area contributed by atoms with Crippen LogP contribution in [-0.4, -0.2) is 30.6 Å². The Morgan fingerprint density at radius 1 is 1.47 bits per heavy atom. The number of carbonyl (C=O) groups is 1. The highest BCUT2D eigenvalue weighted by molar-refractivity contribution is 7.09. The maximum Gasteiger partial charge on any atom is 0.309 e. The summed E-state index contributed by atoms with van der Waals surface area (Å²) < 4.78 is 4.76. The van der Waals surface area contributed by atoms with Crippen molar-refractivity contribution in [2.45, 2.75) is 33.4 Å². The van der Waals surface area contributed by atoms with Crippen molar-refractivity contribution in [3.05, 3.63) is 22.4 Å². The molecule has 0 aromatic carbocycles. The molecular weight excluding hydrogens is 234 g/mol. The summed E-state index contributed by atoms with van der Waals surface area (Å²) in [6, 6.07) is 4.61. The number of methoxy groups -OCH3 is 1. The average Bonchev–Trinajstić information content (AvgIpc) is 2.79. The quantitative estimate of drug-likeness (QED) is 0.732. The first kappa shape index (κ1) is 14.2. The van der Waals surface area contributed by atoms with Gasteiger partial charge in [-0.25, -0.2) is 0 Å². The van der Waals surface area contributed by atoms with E-state index in [1.807, 2.05) is 6.92 Å². The molecule has 0 aliphatic carbocycles. The first-order valence-electron chi connectivity index (χ1n) is 5.88. The van der Waals surface area contributed by atoms with Gasteiger partial charge in [0.25, 0.3) is 0 Å². The molecule has 1 aromatic heterocycles. The zero-order valence-corrected chi connectivity index (χ0v) is 11.8. The van der Waals surface area contributed by atoms with Crippen LogP contribution in [0.25, 0.3) is 0 Å². The van der Waals surface area contributed by atoms with Crippen LogP contribution in [0.2, 0.25) is 0 Å². The fourth-order valence-electron chi connectivity index (χ4n) is 1.69. The molecule has 17 heavy (non-hydrogen) atoms. The summed E-state index contributed by atoms with van der Waals surface area (Å²) in [6.45, 7) is 7.85. The Bertz CT molecular complexity index is 335. The lowest BCUT2D eigenvalue weighted by Crippen LogP contribution is -2.36. The van der Waals surface area contributed by atoms with E-state index >= 15 is 0 Å². The molecule has 0 aliphatic rings. The fraction of sp³-hybridized carbons (Fsp3) is 0.615. The third-order valence-corrected chi connectivity index (χ3v) is 3.64. The molecule has 0 radical (unpaired) electrons. The third-order valence-electron chi connectivity index (χ3n) is 2.78. The summed E-state index contributed by atoms with van der Waals surface area (Å²) in [5.41, 5.74) is 0. The predicted octanol–water partition coefficient (Wildman–Crippen LogP) is 2.77. The van der Waals surface area contributed by atoms with Crippen LogP contribution in [0.4, 0.5) is 0 Å². The Morgan fingerprint density at radius 3 is 2.65 bits per heavy atom. The summed E-state index contributed by atoms with van der Waals surface area (Å²) in [7, 11) is 1.44. The number of carbonyl (C=O) groups excluding carboxylic acids is 1. The minimum atomic E-state index is -0.137. The van der Waals surface area contributed by atoms with Crippen LogP contribution in [0.5, 0.6) is 0 Å². The Morgan fingerprint density at radius 2 is 2.18 bits per heavy atom. The van der Waals surface area contributed by atoms with Gasteiger partial charge in [-0.15, -0.1) is 11.3 Å². The lowest BCUT2D eigenvalue weighted by molar-refractivity contribution is -0.145. The zero-order valence-electron chi connectivity index (χ0n) is 11.0. The molecule has 1 heterocycles. The molecule has 4 heteroatoms. The smallest absolute Gasteiger partial charge is 0.309 e. The van der Waals surface area contributed by atoms with Crippen molar-refractivity contribution < 1.29 is 9.53 Å². The summed E-state index contributed by atoms with van der Waals surface area (Å²) in [4.78, 5) is 15.1. The van der Waals surface area contributed by atoms with Crippen molar-refractivity contribution in [3.8, 4) is 0 Å². The number of thiophene rings is 1. The molecule has 0 aliphatic heterocycles. The molecular formula is C13H21NO2S. The minimum Gasteiger partial charge on any atom is -0.469 e. The van der Waals surface area contributed by atoms with Gasteiger partial charge in [-0.3, -0.25) is 9.69 Å². The SMILES string of the molecule is COC(=O)C(C)CN(Cc1cccs1)C(C)C. The molecule has 0 amide bonds. The van der Waals surface area contributed by atoms with Crippen molar-refractivity contribution in [3.63, 3.8) is 0 Å². The Labute approximate surface area is 107 Å². The average molecular weight is 255 g/mol. The van der Waals surface area contributed by atoms with Gasteiger partial charge in [-0.1, -0.05) is 13.0 Å². The molecule has 96 valence electrons. The zero-order chi connectivity index (χ0) is 12.8. The first-order chi connectivity index (χ1) is 8.04. The minimum absolute atomic E-state index is 0.0811. The van der Waals surface area contributed by atoms with E-state index in [0.29, 0.717) is 6.04 Å². The molecule has 1 atom stereocenters. The van der Waals surface area contributed by atoms with Gasteiger partial charge in [0, 0.05) is 24.0 Å². The lowest BCUT2D eigenvalue weighted by Gasteiger charge is -2.27. The van der Waals surface area contributed by atoms with Crippen LogP contribution < -0.4 is 0 Å². The fourth-order valence-corrected chi connectivity index (χ4v) is 2.42. The molecule has 0 spiro atoms. The van der Waals surface area contributed by atoms with Crippen LogP contribution in [-0.2, 0) is 16.1 Å². The molecule has 0 bridgehead atoms. The van der Waals surface area contributed by atoms with Gasteiger partial charge in [-0.2, -0.15) is 0 Å². The summed E-state index contributed by atoms with van der Waals surface area (Å²) in [6.07, 6.45) is 0. The monoisotopic (exact) mass is 255 g/mol. The van der Waals surface area contributed by atoms with E-state index in [4.69, 9.17) is 4.74 Å². The van der Waals surface area contributed by atoms with Crippen LogP contribution in [0.3, 0.4) is 0 Å². The molecule has 0 fully saturated rings. The number of ether oxygens (including phenoxy) is 1. The summed E-state index contributed by atoms with van der Waals surface area (Å²) in [5, 5.41) is 2.08. The standard InChI is InChI=1S/C13H21NO2S/c1-10(2)14(8-11(3)13(15)16-4)9-12-6-5-7-17-12/h5-7,10-11H,8-9H2,1-4H3. The van der Waals surface area contributed by atoms with Gasteiger partial charge < -0.3 is 4.74 Å². The summed E-state index contributed by atoms with van der Waals surface area (Å²) in [5.74, 6) is -0.218. The van der Waals surface area contributed by atoms with E-state index in [0.717, 1.165) is 13.1 Å². The molecule has 0 saturated carbocycles. The first-order valence-corrected chi connectivity index (χ1v) is 6.76. The van der Waals surface area contributed by atoms with E-state index in [1.165, 1.54) is 12.0 Å². The maximum atomic E-state index is 11.4. The number of hydrogen-bond donors (Lipinski definition) is 0. The van der Waals surface area contributed by atoms with E-state index in [9.17, 15) is 4.79 Å². The highest BCUT2D eigenvalue weighted by Crippen LogP contribution is 2.15. The van der Waals surface area contributed by atoms with E-state index in [1.54, 1.807) is 11.3 Å². The molecule has 3 nitrogen and oxygen atoms in total. The normalized spacial score (nSPS) is 13.1. The molecule has 0 saturated heterocycles. The Hall–Kier alpha value is -0.870. The topological polar surface area (TPSA) is 29.5 Å². The molecule has 0 N–H and O–H groups in total. The number of nitrogens with zero attached hydrogens (tertiary/aromatic N) is 1. The van der Waals surface area contributed by atoms with Gasteiger partial charge in [0.05, 0.1) is 13.0 Å². The van der Waals surface area contributed by atoms with Crippen LogP contribution in [0.1, 0.15) is 25.6 Å². The van der Waals surface area contributed by atoms with E-state index in [2.05, 4.69) is 36.3 Å². The van der Waals surface area contributed by atoms with Crippen LogP contribution in [0.15, 0.2) is 17.5 Å². The van der Waals surface area contributed by atoms with Gasteiger partial charge in [0.1, 0.15) is 0 Å². The van der Waals surface area contributed by atoms with Crippen LogP contribution >= 0.6 is 11.3 Å². The Kier molecular flexibility index (Phi) is 5.65. The van der Waals surface area contributed by atoms with Crippen molar-refractivity contribution in [2.24, 2.45) is 5.92 Å². The Balaban J connectivity index is 2.57. The molecule has 1 unspecified atom stereocenters. The predicted molar refractivity (Wildman–Crippen MR) is 71.0 cm³/mol. The van der Waals surface area contributed by atoms with Crippen molar-refractivity contribution in [1.82, 2.24) is 4.90 Å². The van der Waals surface area contributed by atoms with Gasteiger partial charge in [0.15, 0.2) is 0 Å². The number of hydrogen-bond acceptors (Lipinski definition) is 4. The second-order valence-electron chi connectivity index (χ2n) is 4.53. The lowest BCUT2D eigenvalue weighted by atomic mass is 10.1. The third kappa shape index (κ3) is 4.48. The second kappa shape index (κ2) is 6.77. The molecule has 1 aromatic rings. The number of esters is 1.